The van der Waals surface area contributed by atoms with E-state index in [1.807, 2.05) is 6.92 Å². The van der Waals surface area contributed by atoms with Gasteiger partial charge in [-0.2, -0.15) is 0 Å². The molecule has 0 aromatic heterocycles. The van der Waals surface area contributed by atoms with Crippen LogP contribution in [-0.2, 0) is 11.2 Å². The Morgan fingerprint density at radius 1 is 0.936 bits per heavy atom. The lowest BCUT2D eigenvalue weighted by Crippen LogP contribution is -2.15. The number of aliphatic imine (C=N–C) groups is 3. The molecule has 47 heavy (non-hydrogen) atoms. The molecule has 1 aromatic carbocycles. The molecule has 1 saturated heterocycles. The van der Waals surface area contributed by atoms with Gasteiger partial charge in [-0.1, -0.05) is 37.6 Å². The first-order chi connectivity index (χ1) is 22.4. The SMILES string of the molecule is CCC1=C(C)C2=NC1=CC1=C(C)C3=C(O)CC(=C4NC(=CC5=NC(=C2)C(Cc2cc(C)ccc2C)=C5C)[C@@H](C)[C@@H]4CCC(=O)O)C3=N1. The Kier molecular flexibility index (Phi) is 7.53. The zero-order valence-corrected chi connectivity index (χ0v) is 28.3. The summed E-state index contributed by atoms with van der Waals surface area (Å²) < 4.78 is 0. The molecule has 1 fully saturated rings. The van der Waals surface area contributed by atoms with Gasteiger partial charge in [0.25, 0.3) is 0 Å². The summed E-state index contributed by atoms with van der Waals surface area (Å²) >= 11 is 0. The molecule has 0 spiro atoms. The van der Waals surface area contributed by atoms with Gasteiger partial charge in [0.1, 0.15) is 5.76 Å². The monoisotopic (exact) mass is 626 g/mol. The van der Waals surface area contributed by atoms with Crippen molar-refractivity contribution in [1.29, 1.82) is 0 Å². The molecule has 6 aliphatic rings. The van der Waals surface area contributed by atoms with Crippen molar-refractivity contribution in [2.24, 2.45) is 26.8 Å². The van der Waals surface area contributed by atoms with E-state index in [0.29, 0.717) is 18.6 Å². The van der Waals surface area contributed by atoms with Crippen LogP contribution in [0, 0.1) is 25.7 Å². The summed E-state index contributed by atoms with van der Waals surface area (Å²) in [6.45, 7) is 14.9. The number of carbonyl (C=O) groups is 1. The van der Waals surface area contributed by atoms with Crippen LogP contribution in [-0.4, -0.2) is 33.3 Å². The highest BCUT2D eigenvalue weighted by molar-refractivity contribution is 6.21. The van der Waals surface area contributed by atoms with E-state index in [-0.39, 0.29) is 18.3 Å². The first-order valence-corrected chi connectivity index (χ1v) is 16.7. The van der Waals surface area contributed by atoms with E-state index in [1.165, 1.54) is 27.8 Å². The maximum atomic E-state index is 11.7. The summed E-state index contributed by atoms with van der Waals surface area (Å²) in [7, 11) is 0. The van der Waals surface area contributed by atoms with Crippen molar-refractivity contribution >= 4 is 23.1 Å². The number of hydrogen-bond acceptors (Lipinski definition) is 6. The number of hydrogen-bond donors (Lipinski definition) is 3. The Morgan fingerprint density at radius 3 is 2.36 bits per heavy atom. The third-order valence-corrected chi connectivity index (χ3v) is 10.7. The molecule has 5 heterocycles. The number of carboxylic acids is 1. The van der Waals surface area contributed by atoms with Gasteiger partial charge in [0.05, 0.1) is 34.2 Å². The summed E-state index contributed by atoms with van der Waals surface area (Å²) in [5, 5.41) is 24.6. The Bertz CT molecular complexity index is 2030. The number of carboxylic acid groups (broad SMARTS) is 1. The number of aliphatic carboxylic acids is 1. The summed E-state index contributed by atoms with van der Waals surface area (Å²) in [4.78, 5) is 27.3. The van der Waals surface area contributed by atoms with Crippen molar-refractivity contribution in [3.8, 4) is 0 Å². The third kappa shape index (κ3) is 5.13. The summed E-state index contributed by atoms with van der Waals surface area (Å²) in [5.41, 5.74) is 18.2. The maximum Gasteiger partial charge on any atom is 0.303 e. The molecule has 0 amide bonds. The van der Waals surface area contributed by atoms with Gasteiger partial charge in [0.15, 0.2) is 0 Å². The molecule has 1 aliphatic carbocycles. The van der Waals surface area contributed by atoms with Crippen molar-refractivity contribution in [3.05, 3.63) is 126 Å². The zero-order chi connectivity index (χ0) is 33.3. The number of allylic oxidation sites excluding steroid dienone is 12. The van der Waals surface area contributed by atoms with Crippen LogP contribution in [0.1, 0.15) is 77.0 Å². The smallest absolute Gasteiger partial charge is 0.303 e. The topological polar surface area (TPSA) is 107 Å². The molecule has 7 rings (SSSR count). The Labute approximate surface area is 276 Å². The van der Waals surface area contributed by atoms with Crippen LogP contribution in [0.25, 0.3) is 0 Å². The van der Waals surface area contributed by atoms with Crippen LogP contribution in [0.2, 0.25) is 0 Å². The molecule has 8 bridgehead atoms. The molecule has 5 aliphatic heterocycles. The van der Waals surface area contributed by atoms with Crippen LogP contribution in [0.15, 0.2) is 125 Å². The van der Waals surface area contributed by atoms with Crippen molar-refractivity contribution in [1.82, 2.24) is 5.32 Å². The third-order valence-electron chi connectivity index (χ3n) is 10.7. The molecule has 0 unspecified atom stereocenters. The number of rotatable bonds is 6. The molecule has 0 radical (unpaired) electrons. The molecule has 7 heteroatoms. The minimum atomic E-state index is -0.814. The highest BCUT2D eigenvalue weighted by Crippen LogP contribution is 2.46. The molecule has 240 valence electrons. The summed E-state index contributed by atoms with van der Waals surface area (Å²) in [6.07, 6.45) is 8.85. The highest BCUT2D eigenvalue weighted by Gasteiger charge is 2.41. The first kappa shape index (κ1) is 30.9. The van der Waals surface area contributed by atoms with Gasteiger partial charge in [-0.05, 0) is 105 Å². The highest BCUT2D eigenvalue weighted by atomic mass is 16.4. The van der Waals surface area contributed by atoms with Gasteiger partial charge in [-0.3, -0.25) is 4.79 Å². The van der Waals surface area contributed by atoms with Crippen molar-refractivity contribution in [3.63, 3.8) is 0 Å². The number of aliphatic hydroxyl groups is 1. The number of fused-ring (bicyclic) bond motifs is 5. The van der Waals surface area contributed by atoms with E-state index in [9.17, 15) is 15.0 Å². The fraction of sp³-hybridized carbons (Fsp3) is 0.350. The van der Waals surface area contributed by atoms with Gasteiger partial charge in [0.2, 0.25) is 0 Å². The molecule has 2 atom stereocenters. The van der Waals surface area contributed by atoms with E-state index in [1.54, 1.807) is 0 Å². The fourth-order valence-corrected chi connectivity index (χ4v) is 7.84. The second kappa shape index (κ2) is 11.5. The second-order valence-electron chi connectivity index (χ2n) is 13.6. The van der Waals surface area contributed by atoms with Gasteiger partial charge in [-0.15, -0.1) is 0 Å². The average molecular weight is 627 g/mol. The van der Waals surface area contributed by atoms with Crippen molar-refractivity contribution in [2.45, 2.75) is 80.6 Å². The Balaban J connectivity index is 1.45. The van der Waals surface area contributed by atoms with Crippen LogP contribution in [0.3, 0.4) is 0 Å². The van der Waals surface area contributed by atoms with Crippen LogP contribution in [0.5, 0.6) is 0 Å². The standard InChI is InChI=1S/C40H42N4O3/c1-8-26-21(4)31-17-35-28(14-25-13-19(2)9-10-20(25)3)23(6)30(42-35)16-32-22(5)27(11-12-37(46)47)39(43-32)29-15-36(45)38-24(7)33(44-40(29)38)18-34(26)41-31/h9-10,13,16-18,22,27,43,45H,8,11-12,14-15H2,1-7H3,(H,46,47)/t22-,27-/m0/s1. The Hall–Kier alpha value is -4.78. The van der Waals surface area contributed by atoms with E-state index in [4.69, 9.17) is 15.0 Å². The molecule has 7 nitrogen and oxygen atoms in total. The second-order valence-corrected chi connectivity index (χ2v) is 13.6. The molecule has 3 N–H and O–H groups in total. The van der Waals surface area contributed by atoms with Crippen LogP contribution < -0.4 is 5.32 Å². The van der Waals surface area contributed by atoms with Crippen LogP contribution in [0.4, 0.5) is 0 Å². The largest absolute Gasteiger partial charge is 0.511 e. The number of benzene rings is 1. The molecular weight excluding hydrogens is 584 g/mol. The van der Waals surface area contributed by atoms with Gasteiger partial charge < -0.3 is 15.5 Å². The average Bonchev–Trinajstić information content (AvgIpc) is 3.77. The molecule has 1 aromatic rings. The van der Waals surface area contributed by atoms with Crippen LogP contribution >= 0.6 is 0 Å². The van der Waals surface area contributed by atoms with E-state index in [0.717, 1.165) is 86.3 Å². The normalized spacial score (nSPS) is 23.4. The van der Waals surface area contributed by atoms with Crippen molar-refractivity contribution in [2.75, 3.05) is 0 Å². The lowest BCUT2D eigenvalue weighted by atomic mass is 9.86. The molecular formula is C40H42N4O3. The first-order valence-electron chi connectivity index (χ1n) is 16.7. The lowest BCUT2D eigenvalue weighted by Gasteiger charge is -2.17. The van der Waals surface area contributed by atoms with E-state index >= 15 is 0 Å². The predicted octanol–water partition coefficient (Wildman–Crippen LogP) is 8.38. The van der Waals surface area contributed by atoms with Gasteiger partial charge >= 0.3 is 5.97 Å². The number of aliphatic hydroxyl groups excluding tert-OH is 1. The van der Waals surface area contributed by atoms with Gasteiger partial charge in [-0.25, -0.2) is 15.0 Å². The fourth-order valence-electron chi connectivity index (χ4n) is 7.84. The summed E-state index contributed by atoms with van der Waals surface area (Å²) in [6, 6.07) is 6.61. The van der Waals surface area contributed by atoms with Crippen molar-refractivity contribution < 1.29 is 15.0 Å². The van der Waals surface area contributed by atoms with E-state index in [2.05, 4.69) is 83.3 Å². The molecule has 0 saturated carbocycles. The van der Waals surface area contributed by atoms with E-state index < -0.39 is 5.97 Å². The lowest BCUT2D eigenvalue weighted by molar-refractivity contribution is -0.137. The maximum absolute atomic E-state index is 11.7. The minimum Gasteiger partial charge on any atom is -0.511 e. The Morgan fingerprint density at radius 2 is 1.64 bits per heavy atom. The number of nitrogens with zero attached hydrogens (tertiary/aromatic N) is 3. The van der Waals surface area contributed by atoms with Gasteiger partial charge in [0, 0.05) is 53.6 Å². The summed E-state index contributed by atoms with van der Waals surface area (Å²) in [5.74, 6) is -0.538. The minimum absolute atomic E-state index is 0.0278. The predicted molar refractivity (Wildman–Crippen MR) is 189 cm³/mol. The number of aryl methyl sites for hydroxylation is 2. The number of nitrogens with one attached hydrogen (secondary N) is 1. The quantitative estimate of drug-likeness (QED) is 0.295. The zero-order valence-electron chi connectivity index (χ0n) is 28.3.